The van der Waals surface area contributed by atoms with E-state index in [2.05, 4.69) is 0 Å². The number of rotatable bonds is 2. The molecule has 0 aliphatic rings. The van der Waals surface area contributed by atoms with Crippen LogP contribution in [0.1, 0.15) is 13.3 Å². The van der Waals surface area contributed by atoms with Gasteiger partial charge in [-0.25, -0.2) is 0 Å². The normalized spacial score (nSPS) is 9.83. The molecule has 0 atom stereocenters. The molecule has 1 rings (SSSR count). The SMILES string of the molecule is CCC(=O)Sc1ccc(Cl)cc1. The molecule has 3 heteroatoms. The molecule has 0 bridgehead atoms. The third-order valence-corrected chi connectivity index (χ3v) is 2.61. The molecule has 0 aliphatic carbocycles. The van der Waals surface area contributed by atoms with Crippen LogP contribution in [-0.4, -0.2) is 5.12 Å². The lowest BCUT2D eigenvalue weighted by atomic mass is 10.4. The lowest BCUT2D eigenvalue weighted by Gasteiger charge is -1.97. The Hall–Kier alpha value is -0.470. The topological polar surface area (TPSA) is 17.1 Å². The van der Waals surface area contributed by atoms with Crippen LogP contribution >= 0.6 is 23.4 Å². The predicted octanol–water partition coefficient (Wildman–Crippen LogP) is 3.37. The van der Waals surface area contributed by atoms with E-state index in [-0.39, 0.29) is 5.12 Å². The van der Waals surface area contributed by atoms with Crippen LogP contribution in [0.2, 0.25) is 5.02 Å². The highest BCUT2D eigenvalue weighted by atomic mass is 35.5. The summed E-state index contributed by atoms with van der Waals surface area (Å²) in [6, 6.07) is 7.26. The maximum Gasteiger partial charge on any atom is 0.193 e. The first kappa shape index (κ1) is 9.62. The standard InChI is InChI=1S/C9H9ClOS/c1-2-9(11)12-8-5-3-7(10)4-6-8/h3-6H,2H2,1H3. The number of thioether (sulfide) groups is 1. The van der Waals surface area contributed by atoms with E-state index in [1.165, 1.54) is 11.8 Å². The van der Waals surface area contributed by atoms with Crippen LogP contribution in [0.15, 0.2) is 29.2 Å². The molecule has 0 radical (unpaired) electrons. The van der Waals surface area contributed by atoms with Crippen molar-refractivity contribution in [1.29, 1.82) is 0 Å². The quantitative estimate of drug-likeness (QED) is 0.681. The fourth-order valence-corrected chi connectivity index (χ4v) is 1.51. The summed E-state index contributed by atoms with van der Waals surface area (Å²) < 4.78 is 0. The highest BCUT2D eigenvalue weighted by Crippen LogP contribution is 2.21. The van der Waals surface area contributed by atoms with Gasteiger partial charge in [0, 0.05) is 16.3 Å². The van der Waals surface area contributed by atoms with Crippen molar-refractivity contribution >= 4 is 28.5 Å². The van der Waals surface area contributed by atoms with Gasteiger partial charge in [0.1, 0.15) is 0 Å². The van der Waals surface area contributed by atoms with Crippen molar-refractivity contribution < 1.29 is 4.79 Å². The molecule has 0 spiro atoms. The summed E-state index contributed by atoms with van der Waals surface area (Å²) in [5.41, 5.74) is 0. The van der Waals surface area contributed by atoms with Crippen LogP contribution in [-0.2, 0) is 4.79 Å². The molecular formula is C9H9ClOS. The maximum absolute atomic E-state index is 11.0. The van der Waals surface area contributed by atoms with Crippen molar-refractivity contribution in [3.8, 4) is 0 Å². The van der Waals surface area contributed by atoms with E-state index in [4.69, 9.17) is 11.6 Å². The summed E-state index contributed by atoms with van der Waals surface area (Å²) in [7, 11) is 0. The summed E-state index contributed by atoms with van der Waals surface area (Å²) in [5, 5.41) is 0.876. The fourth-order valence-electron chi connectivity index (χ4n) is 0.706. The molecule has 0 heterocycles. The van der Waals surface area contributed by atoms with E-state index in [0.717, 1.165) is 4.90 Å². The number of benzene rings is 1. The van der Waals surface area contributed by atoms with Crippen molar-refractivity contribution in [2.45, 2.75) is 18.2 Å². The van der Waals surface area contributed by atoms with Crippen LogP contribution in [0.5, 0.6) is 0 Å². The molecule has 0 aromatic heterocycles. The molecule has 0 saturated carbocycles. The summed E-state index contributed by atoms with van der Waals surface area (Å²) >= 11 is 6.94. The Kier molecular flexibility index (Phi) is 3.63. The van der Waals surface area contributed by atoms with Crippen LogP contribution in [0.3, 0.4) is 0 Å². The minimum absolute atomic E-state index is 0.178. The molecule has 1 aromatic carbocycles. The smallest absolute Gasteiger partial charge is 0.193 e. The van der Waals surface area contributed by atoms with Gasteiger partial charge in [-0.05, 0) is 24.3 Å². The molecule has 0 fully saturated rings. The second-order valence-corrected chi connectivity index (χ2v) is 3.85. The van der Waals surface area contributed by atoms with Crippen LogP contribution < -0.4 is 0 Å². The molecule has 0 N–H and O–H groups in total. The van der Waals surface area contributed by atoms with Gasteiger partial charge >= 0.3 is 0 Å². The number of halogens is 1. The van der Waals surface area contributed by atoms with Gasteiger partial charge in [0.2, 0.25) is 0 Å². The van der Waals surface area contributed by atoms with E-state index in [1.807, 2.05) is 19.1 Å². The Morgan fingerprint density at radius 3 is 2.50 bits per heavy atom. The average Bonchev–Trinajstić information content (AvgIpc) is 2.09. The minimum atomic E-state index is 0.178. The van der Waals surface area contributed by atoms with Gasteiger partial charge in [0.15, 0.2) is 5.12 Å². The van der Waals surface area contributed by atoms with Crippen molar-refractivity contribution in [3.63, 3.8) is 0 Å². The lowest BCUT2D eigenvalue weighted by molar-refractivity contribution is -0.110. The van der Waals surface area contributed by atoms with Crippen LogP contribution in [0.25, 0.3) is 0 Å². The molecule has 64 valence electrons. The Morgan fingerprint density at radius 2 is 2.00 bits per heavy atom. The molecule has 0 aliphatic heterocycles. The molecule has 1 aromatic rings. The second-order valence-electron chi connectivity index (χ2n) is 2.28. The molecule has 12 heavy (non-hydrogen) atoms. The van der Waals surface area contributed by atoms with Gasteiger partial charge in [-0.1, -0.05) is 30.3 Å². The highest BCUT2D eigenvalue weighted by molar-refractivity contribution is 8.13. The second kappa shape index (κ2) is 4.53. The first-order valence-electron chi connectivity index (χ1n) is 3.68. The van der Waals surface area contributed by atoms with E-state index in [0.29, 0.717) is 11.4 Å². The number of hydrogen-bond acceptors (Lipinski definition) is 2. The Labute approximate surface area is 81.1 Å². The van der Waals surface area contributed by atoms with E-state index >= 15 is 0 Å². The molecule has 0 unspecified atom stereocenters. The van der Waals surface area contributed by atoms with Gasteiger partial charge in [0.25, 0.3) is 0 Å². The maximum atomic E-state index is 11.0. The predicted molar refractivity (Wildman–Crippen MR) is 52.6 cm³/mol. The van der Waals surface area contributed by atoms with Crippen molar-refractivity contribution in [1.82, 2.24) is 0 Å². The van der Waals surface area contributed by atoms with Crippen molar-refractivity contribution in [2.24, 2.45) is 0 Å². The van der Waals surface area contributed by atoms with Crippen LogP contribution in [0, 0.1) is 0 Å². The van der Waals surface area contributed by atoms with Gasteiger partial charge in [-0.15, -0.1) is 0 Å². The zero-order valence-corrected chi connectivity index (χ0v) is 8.28. The van der Waals surface area contributed by atoms with E-state index in [9.17, 15) is 4.79 Å². The number of hydrogen-bond donors (Lipinski definition) is 0. The summed E-state index contributed by atoms with van der Waals surface area (Å²) in [4.78, 5) is 11.9. The van der Waals surface area contributed by atoms with Gasteiger partial charge < -0.3 is 0 Å². The average molecular weight is 201 g/mol. The van der Waals surface area contributed by atoms with Crippen LogP contribution in [0.4, 0.5) is 0 Å². The van der Waals surface area contributed by atoms with E-state index in [1.54, 1.807) is 12.1 Å². The Morgan fingerprint density at radius 1 is 1.42 bits per heavy atom. The fraction of sp³-hybridized carbons (Fsp3) is 0.222. The third kappa shape index (κ3) is 2.88. The largest absolute Gasteiger partial charge is 0.287 e. The summed E-state index contributed by atoms with van der Waals surface area (Å²) in [5.74, 6) is 0. The van der Waals surface area contributed by atoms with Gasteiger partial charge in [-0.3, -0.25) is 4.79 Å². The monoisotopic (exact) mass is 200 g/mol. The summed E-state index contributed by atoms with van der Waals surface area (Å²) in [6.07, 6.45) is 0.563. The zero-order valence-electron chi connectivity index (χ0n) is 6.71. The van der Waals surface area contributed by atoms with Gasteiger partial charge in [-0.2, -0.15) is 0 Å². The minimum Gasteiger partial charge on any atom is -0.287 e. The number of carbonyl (C=O) groups excluding carboxylic acids is 1. The first-order chi connectivity index (χ1) is 5.72. The van der Waals surface area contributed by atoms with Crippen molar-refractivity contribution in [2.75, 3.05) is 0 Å². The van der Waals surface area contributed by atoms with Gasteiger partial charge in [0.05, 0.1) is 0 Å². The number of carbonyl (C=O) groups is 1. The lowest BCUT2D eigenvalue weighted by Crippen LogP contribution is -1.85. The highest BCUT2D eigenvalue weighted by Gasteiger charge is 2.00. The third-order valence-electron chi connectivity index (χ3n) is 1.33. The first-order valence-corrected chi connectivity index (χ1v) is 4.88. The molecule has 0 amide bonds. The van der Waals surface area contributed by atoms with E-state index < -0.39 is 0 Å². The zero-order chi connectivity index (χ0) is 8.97. The summed E-state index contributed by atoms with van der Waals surface area (Å²) in [6.45, 7) is 1.85. The Balaban J connectivity index is 2.64. The molecule has 0 saturated heterocycles. The molecular weight excluding hydrogens is 192 g/mol. The molecule has 1 nitrogen and oxygen atoms in total. The Bertz CT molecular complexity index is 268. The van der Waals surface area contributed by atoms with Crippen molar-refractivity contribution in [3.05, 3.63) is 29.3 Å².